The van der Waals surface area contributed by atoms with Crippen molar-refractivity contribution in [2.45, 2.75) is 31.8 Å². The summed E-state index contributed by atoms with van der Waals surface area (Å²) in [6.45, 7) is 2.16. The van der Waals surface area contributed by atoms with Crippen LogP contribution in [0.15, 0.2) is 36.5 Å². The topological polar surface area (TPSA) is 95.7 Å². The molecule has 1 aromatic carbocycles. The molecule has 1 atom stereocenters. The lowest BCUT2D eigenvalue weighted by molar-refractivity contribution is -0.137. The molecule has 7 nitrogen and oxygen atoms in total. The van der Waals surface area contributed by atoms with E-state index < -0.39 is 11.9 Å². The first-order chi connectivity index (χ1) is 12.0. The van der Waals surface area contributed by atoms with Gasteiger partial charge >= 0.3 is 11.9 Å². The van der Waals surface area contributed by atoms with Crippen LogP contribution in [0.2, 0.25) is 0 Å². The Hall–Kier alpha value is -2.67. The average Bonchev–Trinajstić information content (AvgIpc) is 3.03. The Bertz CT molecular complexity index is 771. The van der Waals surface area contributed by atoms with Crippen LogP contribution in [0, 0.1) is 0 Å². The van der Waals surface area contributed by atoms with Crippen molar-refractivity contribution < 1.29 is 19.8 Å². The highest BCUT2D eigenvalue weighted by Crippen LogP contribution is 2.27. The molecule has 1 aromatic heterocycles. The van der Waals surface area contributed by atoms with Gasteiger partial charge in [0.1, 0.15) is 6.54 Å². The van der Waals surface area contributed by atoms with Gasteiger partial charge in [0, 0.05) is 25.2 Å². The highest BCUT2D eigenvalue weighted by atomic mass is 16.4. The summed E-state index contributed by atoms with van der Waals surface area (Å²) in [5.74, 6) is -1.58. The Balaban J connectivity index is 1.68. The molecule has 2 N–H and O–H groups in total. The molecule has 25 heavy (non-hydrogen) atoms. The lowest BCUT2D eigenvalue weighted by Gasteiger charge is -2.32. The predicted octanol–water partition coefficient (Wildman–Crippen LogP) is 2.05. The molecule has 0 aliphatic carbocycles. The SMILES string of the molecule is O=C(O)Cn1ccc(C2CCCN(Cc3ccccc3C(=O)O)C2)n1. The largest absolute Gasteiger partial charge is 0.480 e. The monoisotopic (exact) mass is 343 g/mol. The summed E-state index contributed by atoms with van der Waals surface area (Å²) >= 11 is 0. The number of piperidine rings is 1. The van der Waals surface area contributed by atoms with E-state index in [0.29, 0.717) is 12.1 Å². The summed E-state index contributed by atoms with van der Waals surface area (Å²) in [4.78, 5) is 24.4. The van der Waals surface area contributed by atoms with Gasteiger partial charge in [-0.3, -0.25) is 14.4 Å². The van der Waals surface area contributed by atoms with Crippen molar-refractivity contribution >= 4 is 11.9 Å². The number of nitrogens with zero attached hydrogens (tertiary/aromatic N) is 3. The van der Waals surface area contributed by atoms with E-state index in [1.54, 1.807) is 18.3 Å². The quantitative estimate of drug-likeness (QED) is 0.833. The van der Waals surface area contributed by atoms with Crippen LogP contribution in [0.1, 0.15) is 40.4 Å². The standard InChI is InChI=1S/C18H21N3O4/c22-17(23)12-21-9-7-16(19-21)14-5-3-8-20(11-14)10-13-4-1-2-6-15(13)18(24)25/h1-2,4,6-7,9,14H,3,5,8,10-12H2,(H,22,23)(H,24,25). The number of aromatic nitrogens is 2. The fourth-order valence-electron chi connectivity index (χ4n) is 3.37. The molecule has 0 saturated carbocycles. The van der Waals surface area contributed by atoms with E-state index in [4.69, 9.17) is 5.11 Å². The van der Waals surface area contributed by atoms with Gasteiger partial charge in [-0.15, -0.1) is 0 Å². The summed E-state index contributed by atoms with van der Waals surface area (Å²) < 4.78 is 1.44. The minimum absolute atomic E-state index is 0.136. The number of likely N-dealkylation sites (tertiary alicyclic amines) is 1. The fraction of sp³-hybridized carbons (Fsp3) is 0.389. The van der Waals surface area contributed by atoms with Gasteiger partial charge in [0.15, 0.2) is 0 Å². The van der Waals surface area contributed by atoms with Gasteiger partial charge < -0.3 is 10.2 Å². The molecule has 0 radical (unpaired) electrons. The minimum Gasteiger partial charge on any atom is -0.480 e. The zero-order valence-corrected chi connectivity index (χ0v) is 13.8. The van der Waals surface area contributed by atoms with Crippen LogP contribution in [0.4, 0.5) is 0 Å². The molecule has 3 rings (SSSR count). The van der Waals surface area contributed by atoms with Gasteiger partial charge in [0.2, 0.25) is 0 Å². The third-order valence-electron chi connectivity index (χ3n) is 4.52. The Kier molecular flexibility index (Phi) is 5.14. The first-order valence-corrected chi connectivity index (χ1v) is 8.31. The van der Waals surface area contributed by atoms with Crippen molar-refractivity contribution in [2.24, 2.45) is 0 Å². The maximum atomic E-state index is 11.4. The number of carbonyl (C=O) groups is 2. The number of aliphatic carboxylic acids is 1. The number of hydrogen-bond acceptors (Lipinski definition) is 4. The van der Waals surface area contributed by atoms with Crippen LogP contribution < -0.4 is 0 Å². The van der Waals surface area contributed by atoms with Crippen molar-refractivity contribution in [2.75, 3.05) is 13.1 Å². The molecule has 0 amide bonds. The van der Waals surface area contributed by atoms with Crippen molar-refractivity contribution in [3.05, 3.63) is 53.3 Å². The van der Waals surface area contributed by atoms with E-state index in [1.165, 1.54) is 4.68 Å². The minimum atomic E-state index is -0.912. The van der Waals surface area contributed by atoms with E-state index in [1.807, 2.05) is 18.2 Å². The zero-order valence-electron chi connectivity index (χ0n) is 13.8. The number of hydrogen-bond donors (Lipinski definition) is 2. The fourth-order valence-corrected chi connectivity index (χ4v) is 3.37. The van der Waals surface area contributed by atoms with Crippen LogP contribution >= 0.6 is 0 Å². The molecular weight excluding hydrogens is 322 g/mol. The highest BCUT2D eigenvalue weighted by Gasteiger charge is 2.24. The number of aromatic carboxylic acids is 1. The van der Waals surface area contributed by atoms with E-state index in [2.05, 4.69) is 10.00 Å². The number of carboxylic acids is 2. The van der Waals surface area contributed by atoms with E-state index in [0.717, 1.165) is 37.2 Å². The molecule has 1 fully saturated rings. The second kappa shape index (κ2) is 7.48. The van der Waals surface area contributed by atoms with Gasteiger partial charge in [-0.2, -0.15) is 5.10 Å². The summed E-state index contributed by atoms with van der Waals surface area (Å²) in [5.41, 5.74) is 2.06. The molecule has 1 aliphatic heterocycles. The van der Waals surface area contributed by atoms with E-state index >= 15 is 0 Å². The lowest BCUT2D eigenvalue weighted by Crippen LogP contribution is -2.34. The molecule has 2 aromatic rings. The highest BCUT2D eigenvalue weighted by molar-refractivity contribution is 5.89. The summed E-state index contributed by atoms with van der Waals surface area (Å²) in [6, 6.07) is 8.96. The maximum Gasteiger partial charge on any atom is 0.336 e. The second-order valence-electron chi connectivity index (χ2n) is 6.37. The van der Waals surface area contributed by atoms with E-state index in [-0.39, 0.29) is 12.5 Å². The maximum absolute atomic E-state index is 11.4. The summed E-state index contributed by atoms with van der Waals surface area (Å²) in [5, 5.41) is 22.5. The molecule has 1 saturated heterocycles. The molecule has 132 valence electrons. The van der Waals surface area contributed by atoms with Gasteiger partial charge in [-0.05, 0) is 37.1 Å². The van der Waals surface area contributed by atoms with Crippen LogP contribution in [0.5, 0.6) is 0 Å². The molecule has 1 unspecified atom stereocenters. The Labute approximate surface area is 145 Å². The summed E-state index contributed by atoms with van der Waals surface area (Å²) in [6.07, 6.45) is 3.70. The summed E-state index contributed by atoms with van der Waals surface area (Å²) in [7, 11) is 0. The first kappa shape index (κ1) is 17.2. The van der Waals surface area contributed by atoms with Crippen LogP contribution in [0.3, 0.4) is 0 Å². The van der Waals surface area contributed by atoms with Gasteiger partial charge in [-0.25, -0.2) is 4.79 Å². The lowest BCUT2D eigenvalue weighted by atomic mass is 9.94. The van der Waals surface area contributed by atoms with Crippen molar-refractivity contribution in [3.63, 3.8) is 0 Å². The third kappa shape index (κ3) is 4.24. The van der Waals surface area contributed by atoms with Gasteiger partial charge in [-0.1, -0.05) is 18.2 Å². The van der Waals surface area contributed by atoms with Crippen LogP contribution in [-0.2, 0) is 17.9 Å². The van der Waals surface area contributed by atoms with Crippen LogP contribution in [-0.4, -0.2) is 49.9 Å². The average molecular weight is 343 g/mol. The number of carboxylic acid groups (broad SMARTS) is 2. The number of rotatable bonds is 6. The van der Waals surface area contributed by atoms with Crippen molar-refractivity contribution in [1.82, 2.24) is 14.7 Å². The Morgan fingerprint density at radius 1 is 1.20 bits per heavy atom. The van der Waals surface area contributed by atoms with E-state index in [9.17, 15) is 14.7 Å². The first-order valence-electron chi connectivity index (χ1n) is 8.31. The molecular formula is C18H21N3O4. The third-order valence-corrected chi connectivity index (χ3v) is 4.52. The second-order valence-corrected chi connectivity index (χ2v) is 6.37. The van der Waals surface area contributed by atoms with Gasteiger partial charge in [0.05, 0.1) is 11.3 Å². The molecule has 0 spiro atoms. The van der Waals surface area contributed by atoms with Crippen molar-refractivity contribution in [1.29, 1.82) is 0 Å². The predicted molar refractivity (Wildman–Crippen MR) is 90.5 cm³/mol. The molecule has 7 heteroatoms. The Morgan fingerprint density at radius 2 is 2.00 bits per heavy atom. The number of benzene rings is 1. The normalized spacial score (nSPS) is 18.2. The smallest absolute Gasteiger partial charge is 0.336 e. The Morgan fingerprint density at radius 3 is 2.76 bits per heavy atom. The van der Waals surface area contributed by atoms with Crippen molar-refractivity contribution in [3.8, 4) is 0 Å². The molecule has 0 bridgehead atoms. The molecule has 2 heterocycles. The van der Waals surface area contributed by atoms with Gasteiger partial charge in [0.25, 0.3) is 0 Å². The zero-order chi connectivity index (χ0) is 17.8. The van der Waals surface area contributed by atoms with Crippen LogP contribution in [0.25, 0.3) is 0 Å². The molecule has 1 aliphatic rings.